The van der Waals surface area contributed by atoms with Crippen molar-refractivity contribution in [1.29, 1.82) is 0 Å². The summed E-state index contributed by atoms with van der Waals surface area (Å²) in [6.45, 7) is 15.6. The van der Waals surface area contributed by atoms with Crippen molar-refractivity contribution < 1.29 is 9.26 Å². The lowest BCUT2D eigenvalue weighted by molar-refractivity contribution is 0.0683. The van der Waals surface area contributed by atoms with Crippen molar-refractivity contribution in [3.63, 3.8) is 0 Å². The highest BCUT2D eigenvalue weighted by atomic mass is 35.5. The molecule has 1 aromatic rings. The predicted octanol–water partition coefficient (Wildman–Crippen LogP) is 1.71. The van der Waals surface area contributed by atoms with E-state index < -0.39 is 0 Å². The summed E-state index contributed by atoms with van der Waals surface area (Å²) in [6, 6.07) is 0. The minimum absolute atomic E-state index is 0. The highest BCUT2D eigenvalue weighted by Gasteiger charge is 2.32. The van der Waals surface area contributed by atoms with Gasteiger partial charge in [0.2, 0.25) is 5.89 Å². The molecule has 2 saturated heterocycles. The third-order valence-electron chi connectivity index (χ3n) is 5.15. The average Bonchev–Trinajstić information content (AvgIpc) is 3.19. The van der Waals surface area contributed by atoms with Gasteiger partial charge in [-0.05, 0) is 32.2 Å². The minimum atomic E-state index is -0.106. The van der Waals surface area contributed by atoms with Crippen LogP contribution >= 0.6 is 12.4 Å². The molecule has 144 valence electrons. The Morgan fingerprint density at radius 3 is 2.64 bits per heavy atom. The van der Waals surface area contributed by atoms with Crippen LogP contribution in [0.5, 0.6) is 0 Å². The van der Waals surface area contributed by atoms with Crippen LogP contribution in [0.4, 0.5) is 0 Å². The summed E-state index contributed by atoms with van der Waals surface area (Å²) in [5.41, 5.74) is 0.443. The number of halogens is 1. The van der Waals surface area contributed by atoms with Gasteiger partial charge in [0.05, 0.1) is 6.54 Å². The maximum atomic E-state index is 5.51. The number of nitrogens with one attached hydrogen (secondary N) is 1. The first-order chi connectivity index (χ1) is 11.6. The summed E-state index contributed by atoms with van der Waals surface area (Å²) in [5, 5.41) is 7.53. The summed E-state index contributed by atoms with van der Waals surface area (Å²) in [5.74, 6) is 1.34. The van der Waals surface area contributed by atoms with Crippen LogP contribution in [0, 0.1) is 5.41 Å². The van der Waals surface area contributed by atoms with Gasteiger partial charge in [0, 0.05) is 45.9 Å². The zero-order valence-corrected chi connectivity index (χ0v) is 16.5. The Morgan fingerprint density at radius 2 is 2.00 bits per heavy atom. The van der Waals surface area contributed by atoms with Gasteiger partial charge in [0.1, 0.15) is 6.10 Å². The standard InChI is InChI=1S/C17H31N5O2.ClH/c1-4-23-14(2)16-19-15(24-20-16)11-21-7-9-22(10-8-21)13-17(3)5-6-18-12-17;/h14,18H,4-13H2,1-3H3;1H. The lowest BCUT2D eigenvalue weighted by atomic mass is 9.89. The van der Waals surface area contributed by atoms with E-state index in [1.807, 2.05) is 13.8 Å². The number of rotatable bonds is 7. The van der Waals surface area contributed by atoms with Crippen molar-refractivity contribution in [2.75, 3.05) is 52.4 Å². The highest BCUT2D eigenvalue weighted by Crippen LogP contribution is 2.26. The third-order valence-corrected chi connectivity index (χ3v) is 5.15. The fourth-order valence-corrected chi connectivity index (χ4v) is 3.66. The molecule has 0 aliphatic carbocycles. The second-order valence-electron chi connectivity index (χ2n) is 7.43. The van der Waals surface area contributed by atoms with Crippen LogP contribution in [0.1, 0.15) is 45.0 Å². The first-order valence-electron chi connectivity index (χ1n) is 9.17. The van der Waals surface area contributed by atoms with E-state index in [4.69, 9.17) is 9.26 Å². The lowest BCUT2D eigenvalue weighted by Crippen LogP contribution is -2.49. The van der Waals surface area contributed by atoms with E-state index in [-0.39, 0.29) is 18.5 Å². The number of piperazine rings is 1. The number of aromatic nitrogens is 2. The van der Waals surface area contributed by atoms with Crippen LogP contribution < -0.4 is 5.32 Å². The molecule has 0 amide bonds. The molecule has 0 spiro atoms. The van der Waals surface area contributed by atoms with Crippen molar-refractivity contribution in [1.82, 2.24) is 25.3 Å². The number of ether oxygens (including phenoxy) is 1. The van der Waals surface area contributed by atoms with E-state index in [0.717, 1.165) is 45.8 Å². The molecule has 2 unspecified atom stereocenters. The molecule has 0 aromatic carbocycles. The smallest absolute Gasteiger partial charge is 0.240 e. The van der Waals surface area contributed by atoms with Crippen LogP contribution in [-0.4, -0.2) is 72.4 Å². The number of nitrogens with zero attached hydrogens (tertiary/aromatic N) is 4. The van der Waals surface area contributed by atoms with Gasteiger partial charge in [-0.15, -0.1) is 12.4 Å². The third kappa shape index (κ3) is 5.62. The fourth-order valence-electron chi connectivity index (χ4n) is 3.66. The molecule has 1 aromatic heterocycles. The second-order valence-corrected chi connectivity index (χ2v) is 7.43. The Kier molecular flexibility index (Phi) is 7.64. The van der Waals surface area contributed by atoms with Crippen LogP contribution in [0.25, 0.3) is 0 Å². The first-order valence-corrected chi connectivity index (χ1v) is 9.17. The van der Waals surface area contributed by atoms with E-state index in [0.29, 0.717) is 23.7 Å². The molecule has 25 heavy (non-hydrogen) atoms. The van der Waals surface area contributed by atoms with E-state index in [1.165, 1.54) is 13.0 Å². The minimum Gasteiger partial charge on any atom is -0.371 e. The normalized spacial score (nSPS) is 26.5. The van der Waals surface area contributed by atoms with Gasteiger partial charge < -0.3 is 19.5 Å². The summed E-state index contributed by atoms with van der Waals surface area (Å²) >= 11 is 0. The van der Waals surface area contributed by atoms with Crippen molar-refractivity contribution >= 4 is 12.4 Å². The molecule has 0 radical (unpaired) electrons. The van der Waals surface area contributed by atoms with Crippen LogP contribution in [-0.2, 0) is 11.3 Å². The summed E-state index contributed by atoms with van der Waals surface area (Å²) < 4.78 is 10.9. The lowest BCUT2D eigenvalue weighted by Gasteiger charge is -2.38. The Bertz CT molecular complexity index is 513. The van der Waals surface area contributed by atoms with E-state index >= 15 is 0 Å². The SMILES string of the molecule is CCOC(C)c1noc(CN2CCN(CC3(C)CCNC3)CC2)n1.Cl. The van der Waals surface area contributed by atoms with Gasteiger partial charge in [0.15, 0.2) is 5.82 Å². The molecule has 3 rings (SSSR count). The van der Waals surface area contributed by atoms with Crippen LogP contribution in [0.3, 0.4) is 0 Å². The van der Waals surface area contributed by atoms with Crippen molar-refractivity contribution in [2.24, 2.45) is 5.41 Å². The quantitative estimate of drug-likeness (QED) is 0.780. The van der Waals surface area contributed by atoms with Gasteiger partial charge in [-0.1, -0.05) is 12.1 Å². The Morgan fingerprint density at radius 1 is 1.28 bits per heavy atom. The molecule has 2 fully saturated rings. The summed E-state index contributed by atoms with van der Waals surface area (Å²) in [4.78, 5) is 9.46. The Balaban J connectivity index is 0.00000225. The van der Waals surface area contributed by atoms with Crippen molar-refractivity contribution in [2.45, 2.75) is 39.8 Å². The molecular formula is C17H32ClN5O2. The molecular weight excluding hydrogens is 342 g/mol. The topological polar surface area (TPSA) is 66.7 Å². The molecule has 3 heterocycles. The summed E-state index contributed by atoms with van der Waals surface area (Å²) in [7, 11) is 0. The monoisotopic (exact) mass is 373 g/mol. The van der Waals surface area contributed by atoms with E-state index in [1.54, 1.807) is 0 Å². The van der Waals surface area contributed by atoms with Crippen LogP contribution in [0.2, 0.25) is 0 Å². The van der Waals surface area contributed by atoms with E-state index in [9.17, 15) is 0 Å². The molecule has 0 saturated carbocycles. The largest absolute Gasteiger partial charge is 0.371 e. The number of hydrogen-bond acceptors (Lipinski definition) is 7. The average molecular weight is 374 g/mol. The zero-order valence-electron chi connectivity index (χ0n) is 15.7. The van der Waals surface area contributed by atoms with Gasteiger partial charge in [-0.25, -0.2) is 0 Å². The van der Waals surface area contributed by atoms with Crippen LogP contribution in [0.15, 0.2) is 4.52 Å². The Labute approximate surface area is 156 Å². The van der Waals surface area contributed by atoms with Gasteiger partial charge in [-0.3, -0.25) is 4.90 Å². The van der Waals surface area contributed by atoms with Crippen molar-refractivity contribution in [3.05, 3.63) is 11.7 Å². The number of hydrogen-bond donors (Lipinski definition) is 1. The maximum Gasteiger partial charge on any atom is 0.240 e. The summed E-state index contributed by atoms with van der Waals surface area (Å²) in [6.07, 6.45) is 1.18. The van der Waals surface area contributed by atoms with Crippen molar-refractivity contribution in [3.8, 4) is 0 Å². The predicted molar refractivity (Wildman–Crippen MR) is 98.9 cm³/mol. The van der Waals surface area contributed by atoms with Gasteiger partial charge in [-0.2, -0.15) is 4.98 Å². The molecule has 1 N–H and O–H groups in total. The molecule has 7 nitrogen and oxygen atoms in total. The molecule has 2 atom stereocenters. The van der Waals surface area contributed by atoms with Gasteiger partial charge >= 0.3 is 0 Å². The maximum absolute atomic E-state index is 5.51. The Hall–Kier alpha value is -0.730. The molecule has 8 heteroatoms. The van der Waals surface area contributed by atoms with Gasteiger partial charge in [0.25, 0.3) is 0 Å². The molecule has 0 bridgehead atoms. The second kappa shape index (κ2) is 9.28. The zero-order chi connectivity index (χ0) is 17.0. The highest BCUT2D eigenvalue weighted by molar-refractivity contribution is 5.85. The molecule has 2 aliphatic heterocycles. The first kappa shape index (κ1) is 20.6. The van der Waals surface area contributed by atoms with E-state index in [2.05, 4.69) is 32.2 Å². The fraction of sp³-hybridized carbons (Fsp3) is 0.882. The molecule has 2 aliphatic rings.